The van der Waals surface area contributed by atoms with E-state index in [0.29, 0.717) is 122 Å². The summed E-state index contributed by atoms with van der Waals surface area (Å²) in [5.41, 5.74) is 12.5. The van der Waals surface area contributed by atoms with Crippen LogP contribution in [0, 0.1) is 0 Å². The lowest BCUT2D eigenvalue weighted by Crippen LogP contribution is -2.51. The second kappa shape index (κ2) is 21.2. The van der Waals surface area contributed by atoms with Crippen molar-refractivity contribution in [2.45, 2.75) is 12.8 Å². The van der Waals surface area contributed by atoms with E-state index in [-0.39, 0.29) is 23.6 Å². The number of hydrogen-bond donors (Lipinski definition) is 0. The molecule has 0 atom stereocenters. The van der Waals surface area contributed by atoms with E-state index < -0.39 is 0 Å². The van der Waals surface area contributed by atoms with Gasteiger partial charge in [0, 0.05) is 65.2 Å². The van der Waals surface area contributed by atoms with E-state index in [1.165, 1.54) is 0 Å². The number of amides is 4. The molecule has 6 aromatic heterocycles. The predicted molar refractivity (Wildman–Crippen MR) is 299 cm³/mol. The van der Waals surface area contributed by atoms with Crippen molar-refractivity contribution in [3.63, 3.8) is 0 Å². The SMILES string of the molecule is O=C(c1cccc(-c2nc3ccccc3o2)n1)N1CCN(C(=O)c2cccc(-c3nc4ccccc4o3)n2)CC1.O=C(c1cccc(C2=Nc3ccccc3C2)n1)N1CCN(C(=O)c2cccc(C3=Nc4ccccc4C3)n2)CC1. The first-order valence-electron chi connectivity index (χ1n) is 26.3. The van der Waals surface area contributed by atoms with Gasteiger partial charge in [0.2, 0.25) is 11.8 Å². The zero-order valence-corrected chi connectivity index (χ0v) is 43.1. The lowest BCUT2D eigenvalue weighted by molar-refractivity contribution is 0.0529. The third kappa shape index (κ3) is 9.96. The van der Waals surface area contributed by atoms with E-state index in [1.54, 1.807) is 68.1 Å². The number of carbonyl (C=O) groups excluding carboxylic acids is 4. The highest BCUT2D eigenvalue weighted by atomic mass is 16.4. The van der Waals surface area contributed by atoms with E-state index in [0.717, 1.165) is 56.3 Å². The summed E-state index contributed by atoms with van der Waals surface area (Å²) in [7, 11) is 0. The molecule has 14 rings (SSSR count). The molecule has 2 saturated heterocycles. The third-order valence-electron chi connectivity index (χ3n) is 14.4. The molecule has 392 valence electrons. The van der Waals surface area contributed by atoms with Crippen LogP contribution in [0.4, 0.5) is 11.4 Å². The summed E-state index contributed by atoms with van der Waals surface area (Å²) in [6, 6.07) is 52.4. The number of aliphatic imine (C=N–C) groups is 2. The number of aromatic nitrogens is 6. The van der Waals surface area contributed by atoms with Gasteiger partial charge in [-0.1, -0.05) is 84.9 Å². The Bertz CT molecular complexity index is 3800. The fourth-order valence-electron chi connectivity index (χ4n) is 10.2. The van der Waals surface area contributed by atoms with Gasteiger partial charge in [0.25, 0.3) is 23.6 Å². The number of fused-ring (bicyclic) bond motifs is 4. The molecule has 2 fully saturated rings. The summed E-state index contributed by atoms with van der Waals surface area (Å²) in [6.07, 6.45) is 1.41. The summed E-state index contributed by atoms with van der Waals surface area (Å²) < 4.78 is 11.6. The average Bonchev–Trinajstić information content (AvgIpc) is 4.37. The number of rotatable bonds is 8. The highest BCUT2D eigenvalue weighted by Crippen LogP contribution is 2.30. The van der Waals surface area contributed by atoms with Crippen LogP contribution in [-0.4, -0.2) is 137 Å². The zero-order valence-electron chi connectivity index (χ0n) is 43.1. The van der Waals surface area contributed by atoms with Crippen molar-refractivity contribution in [3.8, 4) is 23.2 Å². The number of nitrogens with zero attached hydrogens (tertiary/aromatic N) is 12. The van der Waals surface area contributed by atoms with Crippen molar-refractivity contribution >= 4 is 68.6 Å². The topological polar surface area (TPSA) is 210 Å². The molecule has 4 aliphatic heterocycles. The second-order valence-corrected chi connectivity index (χ2v) is 19.5. The lowest BCUT2D eigenvalue weighted by atomic mass is 10.1. The summed E-state index contributed by atoms with van der Waals surface area (Å²) in [5.74, 6) is 0.0351. The van der Waals surface area contributed by atoms with Crippen molar-refractivity contribution in [1.82, 2.24) is 49.5 Å². The number of pyridine rings is 4. The zero-order chi connectivity index (χ0) is 54.1. The Hall–Kier alpha value is -10.4. The molecule has 4 aliphatic rings. The molecule has 18 heteroatoms. The van der Waals surface area contributed by atoms with Gasteiger partial charge in [0.15, 0.2) is 11.2 Å². The molecule has 0 spiro atoms. The first kappa shape index (κ1) is 49.2. The normalized spacial score (nSPS) is 14.8. The van der Waals surface area contributed by atoms with Crippen molar-refractivity contribution in [3.05, 3.63) is 215 Å². The molecule has 0 bridgehead atoms. The first-order valence-corrected chi connectivity index (χ1v) is 26.3. The quantitative estimate of drug-likeness (QED) is 0.140. The van der Waals surface area contributed by atoms with Crippen LogP contribution < -0.4 is 0 Å². The Labute approximate surface area is 457 Å². The first-order chi connectivity index (χ1) is 39.2. The average molecular weight is 1060 g/mol. The number of oxazole rings is 2. The van der Waals surface area contributed by atoms with Crippen LogP contribution in [0.15, 0.2) is 189 Å². The van der Waals surface area contributed by atoms with Gasteiger partial charge >= 0.3 is 0 Å². The van der Waals surface area contributed by atoms with E-state index in [2.05, 4.69) is 42.0 Å². The lowest BCUT2D eigenvalue weighted by Gasteiger charge is -2.34. The monoisotopic (exact) mass is 1060 g/mol. The second-order valence-electron chi connectivity index (χ2n) is 19.5. The minimum absolute atomic E-state index is 0.135. The van der Waals surface area contributed by atoms with Crippen LogP contribution in [0.3, 0.4) is 0 Å². The summed E-state index contributed by atoms with van der Waals surface area (Å²) in [4.78, 5) is 96.8. The Kier molecular flexibility index (Phi) is 13.1. The van der Waals surface area contributed by atoms with Crippen molar-refractivity contribution in [1.29, 1.82) is 0 Å². The molecule has 0 unspecified atom stereocenters. The van der Waals surface area contributed by atoms with Crippen LogP contribution in [0.1, 0.15) is 64.5 Å². The molecule has 4 aromatic carbocycles. The molecule has 0 aliphatic carbocycles. The van der Waals surface area contributed by atoms with Crippen molar-refractivity contribution in [2.24, 2.45) is 9.98 Å². The third-order valence-corrected chi connectivity index (χ3v) is 14.4. The highest BCUT2D eigenvalue weighted by molar-refractivity contribution is 6.07. The highest BCUT2D eigenvalue weighted by Gasteiger charge is 2.30. The molecule has 10 heterocycles. The van der Waals surface area contributed by atoms with E-state index in [4.69, 9.17) is 18.8 Å². The maximum Gasteiger partial charge on any atom is 0.272 e. The maximum absolute atomic E-state index is 13.3. The Morgan fingerprint density at radius 2 is 0.637 bits per heavy atom. The number of para-hydroxylation sites is 6. The summed E-state index contributed by atoms with van der Waals surface area (Å²) in [5, 5.41) is 0. The summed E-state index contributed by atoms with van der Waals surface area (Å²) in [6.45, 7) is 3.26. The van der Waals surface area contributed by atoms with Crippen LogP contribution >= 0.6 is 0 Å². The molecule has 0 N–H and O–H groups in total. The minimum Gasteiger partial charge on any atom is -0.435 e. The van der Waals surface area contributed by atoms with Gasteiger partial charge in [-0.25, -0.2) is 29.9 Å². The molecule has 4 amide bonds. The smallest absolute Gasteiger partial charge is 0.272 e. The van der Waals surface area contributed by atoms with Gasteiger partial charge < -0.3 is 28.4 Å². The fraction of sp³-hybridized carbons (Fsp3) is 0.161. The number of carbonyl (C=O) groups is 4. The molecular formula is C62H48N12O6. The van der Waals surface area contributed by atoms with Gasteiger partial charge in [-0.3, -0.25) is 29.2 Å². The standard InChI is InChI=1S/C32H26N6O2.C30H22N6O4/c39-31(27-13-5-11-25(35-27)29-19-21-7-1-3-9-23(21)33-29)37-15-17-38(18-16-37)32(40)28-14-6-12-26(36-28)30-20-22-8-2-4-10-24(22)34-30;37-29(23-11-5-9-21(31-23)27-33-19-7-1-3-13-25(19)39-27)35-15-17-36(18-16-35)30(38)24-12-6-10-22(32-24)28-34-20-8-2-4-14-26(20)40-28/h1-14H,15-20H2;1-14H,15-18H2. The maximum atomic E-state index is 13.3. The van der Waals surface area contributed by atoms with E-state index in [9.17, 15) is 19.2 Å². The molecule has 0 radical (unpaired) electrons. The van der Waals surface area contributed by atoms with Gasteiger partial charge in [-0.15, -0.1) is 0 Å². The van der Waals surface area contributed by atoms with Gasteiger partial charge in [0.05, 0.1) is 34.2 Å². The minimum atomic E-state index is -0.207. The van der Waals surface area contributed by atoms with E-state index in [1.807, 2.05) is 109 Å². The number of hydrogen-bond acceptors (Lipinski definition) is 14. The van der Waals surface area contributed by atoms with Gasteiger partial charge in [-0.2, -0.15) is 0 Å². The Morgan fingerprint density at radius 3 is 0.988 bits per heavy atom. The predicted octanol–water partition coefficient (Wildman–Crippen LogP) is 9.12. The molecule has 18 nitrogen and oxygen atoms in total. The molecule has 10 aromatic rings. The van der Waals surface area contributed by atoms with Gasteiger partial charge in [0.1, 0.15) is 45.2 Å². The fourth-order valence-corrected chi connectivity index (χ4v) is 10.2. The number of piperazine rings is 2. The van der Waals surface area contributed by atoms with Crippen molar-refractivity contribution < 1.29 is 28.0 Å². The van der Waals surface area contributed by atoms with Crippen LogP contribution in [0.25, 0.3) is 45.4 Å². The number of benzene rings is 4. The Morgan fingerprint density at radius 1 is 0.325 bits per heavy atom. The largest absolute Gasteiger partial charge is 0.435 e. The molecule has 80 heavy (non-hydrogen) atoms. The summed E-state index contributed by atoms with van der Waals surface area (Å²) >= 11 is 0. The van der Waals surface area contributed by atoms with Crippen LogP contribution in [0.5, 0.6) is 0 Å². The van der Waals surface area contributed by atoms with E-state index >= 15 is 0 Å². The van der Waals surface area contributed by atoms with Crippen molar-refractivity contribution in [2.75, 3.05) is 52.4 Å². The molecule has 0 saturated carbocycles. The molecular weight excluding hydrogens is 1010 g/mol. The van der Waals surface area contributed by atoms with Gasteiger partial charge in [-0.05, 0) is 96.1 Å². The Balaban J connectivity index is 0.000000151. The van der Waals surface area contributed by atoms with Crippen LogP contribution in [0.2, 0.25) is 0 Å². The van der Waals surface area contributed by atoms with Crippen LogP contribution in [-0.2, 0) is 12.8 Å².